The molecule has 86 valence electrons. The highest BCUT2D eigenvalue weighted by Crippen LogP contribution is 2.20. The molecule has 0 fully saturated rings. The number of nitriles is 1. The van der Waals surface area contributed by atoms with E-state index in [4.69, 9.17) is 15.7 Å². The molecule has 0 saturated heterocycles. The van der Waals surface area contributed by atoms with Gasteiger partial charge in [0.15, 0.2) is 0 Å². The maximum absolute atomic E-state index is 8.52. The van der Waals surface area contributed by atoms with Crippen molar-refractivity contribution in [1.29, 1.82) is 5.26 Å². The summed E-state index contributed by atoms with van der Waals surface area (Å²) in [5.41, 5.74) is 6.73. The molecule has 0 amide bonds. The van der Waals surface area contributed by atoms with E-state index < -0.39 is 6.04 Å². The Labute approximate surface area is 96.8 Å². The highest BCUT2D eigenvalue weighted by atomic mass is 16.5. The van der Waals surface area contributed by atoms with E-state index in [1.54, 1.807) is 0 Å². The van der Waals surface area contributed by atoms with E-state index in [-0.39, 0.29) is 0 Å². The van der Waals surface area contributed by atoms with Crippen LogP contribution in [0.5, 0.6) is 5.75 Å². The van der Waals surface area contributed by atoms with Gasteiger partial charge in [0, 0.05) is 6.42 Å². The smallest absolute Gasteiger partial charge is 0.119 e. The molecule has 0 aliphatic rings. The number of hydrogen-bond acceptors (Lipinski definition) is 3. The molecule has 0 bridgehead atoms. The first-order valence-electron chi connectivity index (χ1n) is 5.51. The average Bonchev–Trinajstić information content (AvgIpc) is 2.29. The summed E-state index contributed by atoms with van der Waals surface area (Å²) in [7, 11) is 0. The fraction of sp³-hybridized carbons (Fsp3) is 0.462. The van der Waals surface area contributed by atoms with E-state index >= 15 is 0 Å². The van der Waals surface area contributed by atoms with Gasteiger partial charge in [-0.1, -0.05) is 26.0 Å². The van der Waals surface area contributed by atoms with Crippen LogP contribution >= 0.6 is 0 Å². The zero-order chi connectivity index (χ0) is 12.0. The van der Waals surface area contributed by atoms with Gasteiger partial charge >= 0.3 is 0 Å². The largest absolute Gasteiger partial charge is 0.493 e. The maximum atomic E-state index is 8.52. The van der Waals surface area contributed by atoms with E-state index in [0.717, 1.165) is 5.75 Å². The van der Waals surface area contributed by atoms with E-state index in [1.807, 2.05) is 24.3 Å². The molecule has 0 saturated carbocycles. The second-order valence-electron chi connectivity index (χ2n) is 4.10. The van der Waals surface area contributed by atoms with E-state index in [9.17, 15) is 0 Å². The number of rotatable bonds is 5. The number of nitrogens with two attached hydrogens (primary N) is 1. The quantitative estimate of drug-likeness (QED) is 0.825. The van der Waals surface area contributed by atoms with Gasteiger partial charge in [-0.05, 0) is 23.6 Å². The first-order chi connectivity index (χ1) is 7.63. The normalized spacial score (nSPS) is 12.2. The Balaban J connectivity index is 2.48. The standard InChI is InChI=1S/C13H18N2O/c1-10(2)11-4-3-5-13(8-11)16-7-6-12(15)9-14/h3-5,8,10,12H,6-7,15H2,1-2H3. The Morgan fingerprint density at radius 2 is 2.19 bits per heavy atom. The Bertz CT molecular complexity index is 368. The highest BCUT2D eigenvalue weighted by molar-refractivity contribution is 5.30. The molecule has 2 N–H and O–H groups in total. The Kier molecular flexibility index (Phi) is 4.81. The third kappa shape index (κ3) is 3.92. The minimum Gasteiger partial charge on any atom is -0.493 e. The molecule has 1 atom stereocenters. The number of ether oxygens (including phenoxy) is 1. The number of hydrogen-bond donors (Lipinski definition) is 1. The maximum Gasteiger partial charge on any atom is 0.119 e. The second-order valence-corrected chi connectivity index (χ2v) is 4.10. The molecule has 3 nitrogen and oxygen atoms in total. The van der Waals surface area contributed by atoms with Gasteiger partial charge in [0.2, 0.25) is 0 Å². The lowest BCUT2D eigenvalue weighted by atomic mass is 10.0. The van der Waals surface area contributed by atoms with Gasteiger partial charge in [-0.15, -0.1) is 0 Å². The molecular weight excluding hydrogens is 200 g/mol. The van der Waals surface area contributed by atoms with Gasteiger partial charge in [0.05, 0.1) is 18.7 Å². The van der Waals surface area contributed by atoms with Crippen LogP contribution in [0.2, 0.25) is 0 Å². The predicted octanol–water partition coefficient (Wildman–Crippen LogP) is 2.43. The SMILES string of the molecule is CC(C)c1cccc(OCCC(N)C#N)c1. The van der Waals surface area contributed by atoms with Gasteiger partial charge in [-0.2, -0.15) is 5.26 Å². The van der Waals surface area contributed by atoms with Crippen LogP contribution in [-0.4, -0.2) is 12.6 Å². The molecule has 0 spiro atoms. The highest BCUT2D eigenvalue weighted by Gasteiger charge is 2.02. The minimum atomic E-state index is -0.437. The second kappa shape index (κ2) is 6.14. The minimum absolute atomic E-state index is 0.437. The average molecular weight is 218 g/mol. The van der Waals surface area contributed by atoms with Gasteiger partial charge in [0.1, 0.15) is 5.75 Å². The zero-order valence-corrected chi connectivity index (χ0v) is 9.81. The molecular formula is C13H18N2O. The zero-order valence-electron chi connectivity index (χ0n) is 9.81. The van der Waals surface area contributed by atoms with Crippen molar-refractivity contribution in [2.75, 3.05) is 6.61 Å². The van der Waals surface area contributed by atoms with E-state index in [0.29, 0.717) is 18.9 Å². The fourth-order valence-electron chi connectivity index (χ4n) is 1.33. The molecule has 0 aliphatic heterocycles. The summed E-state index contributed by atoms with van der Waals surface area (Å²) in [5.74, 6) is 1.33. The van der Waals surface area contributed by atoms with Crippen LogP contribution in [0.4, 0.5) is 0 Å². The van der Waals surface area contributed by atoms with Crippen LogP contribution in [0.25, 0.3) is 0 Å². The topological polar surface area (TPSA) is 59.0 Å². The van der Waals surface area contributed by atoms with Gasteiger partial charge in [-0.3, -0.25) is 0 Å². The molecule has 0 aromatic heterocycles. The number of nitrogens with zero attached hydrogens (tertiary/aromatic N) is 1. The predicted molar refractivity (Wildman–Crippen MR) is 64.2 cm³/mol. The van der Waals surface area contributed by atoms with Gasteiger partial charge < -0.3 is 10.5 Å². The molecule has 1 aromatic rings. The van der Waals surface area contributed by atoms with Crippen molar-refractivity contribution in [2.45, 2.75) is 32.2 Å². The summed E-state index contributed by atoms with van der Waals surface area (Å²) in [6.07, 6.45) is 0.558. The van der Waals surface area contributed by atoms with Crippen molar-refractivity contribution in [2.24, 2.45) is 5.73 Å². The van der Waals surface area contributed by atoms with Crippen LogP contribution in [0.3, 0.4) is 0 Å². The summed E-state index contributed by atoms with van der Waals surface area (Å²) in [6.45, 7) is 4.77. The molecule has 1 unspecified atom stereocenters. The van der Waals surface area contributed by atoms with Crippen molar-refractivity contribution in [1.82, 2.24) is 0 Å². The van der Waals surface area contributed by atoms with Crippen LogP contribution in [0.15, 0.2) is 24.3 Å². The lowest BCUT2D eigenvalue weighted by Gasteiger charge is -2.10. The summed E-state index contributed by atoms with van der Waals surface area (Å²) in [6, 6.07) is 9.56. The Hall–Kier alpha value is -1.53. The lowest BCUT2D eigenvalue weighted by molar-refractivity contribution is 0.305. The van der Waals surface area contributed by atoms with Crippen molar-refractivity contribution in [3.63, 3.8) is 0 Å². The molecule has 16 heavy (non-hydrogen) atoms. The lowest BCUT2D eigenvalue weighted by Crippen LogP contribution is -2.20. The summed E-state index contributed by atoms with van der Waals surface area (Å²) < 4.78 is 5.54. The molecule has 3 heteroatoms. The van der Waals surface area contributed by atoms with E-state index in [2.05, 4.69) is 19.9 Å². The Morgan fingerprint density at radius 3 is 2.81 bits per heavy atom. The number of benzene rings is 1. The fourth-order valence-corrected chi connectivity index (χ4v) is 1.33. The van der Waals surface area contributed by atoms with Crippen LogP contribution in [-0.2, 0) is 0 Å². The van der Waals surface area contributed by atoms with Crippen molar-refractivity contribution in [3.8, 4) is 11.8 Å². The first-order valence-corrected chi connectivity index (χ1v) is 5.51. The molecule has 0 radical (unpaired) electrons. The molecule has 1 aromatic carbocycles. The summed E-state index contributed by atoms with van der Waals surface area (Å²) in [5, 5.41) is 8.52. The molecule has 0 aliphatic carbocycles. The summed E-state index contributed by atoms with van der Waals surface area (Å²) in [4.78, 5) is 0. The van der Waals surface area contributed by atoms with Crippen LogP contribution in [0.1, 0.15) is 31.7 Å². The monoisotopic (exact) mass is 218 g/mol. The Morgan fingerprint density at radius 1 is 1.44 bits per heavy atom. The third-order valence-electron chi connectivity index (χ3n) is 2.39. The van der Waals surface area contributed by atoms with Gasteiger partial charge in [0.25, 0.3) is 0 Å². The van der Waals surface area contributed by atoms with Crippen LogP contribution < -0.4 is 10.5 Å². The van der Waals surface area contributed by atoms with Crippen LogP contribution in [0, 0.1) is 11.3 Å². The third-order valence-corrected chi connectivity index (χ3v) is 2.39. The van der Waals surface area contributed by atoms with Crippen molar-refractivity contribution in [3.05, 3.63) is 29.8 Å². The molecule has 1 rings (SSSR count). The first kappa shape index (κ1) is 12.5. The van der Waals surface area contributed by atoms with Gasteiger partial charge in [-0.25, -0.2) is 0 Å². The summed E-state index contributed by atoms with van der Waals surface area (Å²) >= 11 is 0. The van der Waals surface area contributed by atoms with Crippen molar-refractivity contribution < 1.29 is 4.74 Å². The van der Waals surface area contributed by atoms with Crippen molar-refractivity contribution >= 4 is 0 Å². The molecule has 0 heterocycles. The van der Waals surface area contributed by atoms with E-state index in [1.165, 1.54) is 5.56 Å².